The monoisotopic (exact) mass is 260 g/mol. The van der Waals surface area contributed by atoms with E-state index in [4.69, 9.17) is 5.11 Å². The number of benzene rings is 1. The van der Waals surface area contributed by atoms with Gasteiger partial charge in [0.15, 0.2) is 11.5 Å². The minimum Gasteiger partial charge on any atom is -0.504 e. The van der Waals surface area contributed by atoms with Crippen LogP contribution in [-0.2, 0) is 0 Å². The minimum atomic E-state index is -1.44. The zero-order valence-corrected chi connectivity index (χ0v) is 9.25. The zero-order chi connectivity index (χ0) is 10.9. The average molecular weight is 261 g/mol. The second-order valence-corrected chi connectivity index (χ2v) is 3.70. The Labute approximate surface area is 89.3 Å². The largest absolute Gasteiger partial charge is 0.511 e. The average Bonchev–Trinajstić information content (AvgIpc) is 2.09. The molecule has 0 atom stereocenters. The van der Waals surface area contributed by atoms with Gasteiger partial charge in [-0.2, -0.15) is 0 Å². The third kappa shape index (κ3) is 1.98. The van der Waals surface area contributed by atoms with E-state index in [1.165, 1.54) is 0 Å². The lowest BCUT2D eigenvalue weighted by molar-refractivity contribution is 0.142. The Hall–Kier alpha value is -1.23. The Morgan fingerprint density at radius 1 is 1.50 bits per heavy atom. The van der Waals surface area contributed by atoms with Crippen molar-refractivity contribution in [2.24, 2.45) is 0 Å². The van der Waals surface area contributed by atoms with Gasteiger partial charge in [-0.3, -0.25) is 0 Å². The van der Waals surface area contributed by atoms with Gasteiger partial charge in [-0.25, -0.2) is 4.79 Å². The molecule has 0 heterocycles. The van der Waals surface area contributed by atoms with E-state index in [1.54, 1.807) is 19.9 Å². The molecule has 0 bridgehead atoms. The molecule has 0 aromatic heterocycles. The topological polar surface area (TPSA) is 66.8 Å². The quantitative estimate of drug-likeness (QED) is 0.602. The number of rotatable bonds is 1. The third-order valence-electron chi connectivity index (χ3n) is 1.82. The highest BCUT2D eigenvalue weighted by atomic mass is 79.9. The van der Waals surface area contributed by atoms with Gasteiger partial charge in [-0.05, 0) is 25.5 Å². The van der Waals surface area contributed by atoms with E-state index in [0.29, 0.717) is 15.6 Å². The first-order chi connectivity index (χ1) is 6.43. The molecule has 0 unspecified atom stereocenters. The number of aryl methyl sites for hydroxylation is 1. The van der Waals surface area contributed by atoms with Gasteiger partial charge in [0.25, 0.3) is 0 Å². The van der Waals surface area contributed by atoms with Crippen molar-refractivity contribution in [3.63, 3.8) is 0 Å². The Balaban J connectivity index is 3.29. The molecule has 0 saturated carbocycles. The molecular formula is C9H9BrO4. The van der Waals surface area contributed by atoms with Crippen molar-refractivity contribution in [1.29, 1.82) is 0 Å². The maximum atomic E-state index is 10.3. The number of ether oxygens (including phenoxy) is 1. The van der Waals surface area contributed by atoms with Gasteiger partial charge < -0.3 is 14.9 Å². The first-order valence-electron chi connectivity index (χ1n) is 3.83. The lowest BCUT2D eigenvalue weighted by Crippen LogP contribution is -2.05. The van der Waals surface area contributed by atoms with Crippen molar-refractivity contribution in [3.8, 4) is 11.5 Å². The highest BCUT2D eigenvalue weighted by Crippen LogP contribution is 2.37. The van der Waals surface area contributed by atoms with Crippen molar-refractivity contribution < 1.29 is 19.7 Å². The maximum absolute atomic E-state index is 10.3. The first kappa shape index (κ1) is 10.8. The molecule has 0 aliphatic heterocycles. The molecule has 0 aliphatic rings. The van der Waals surface area contributed by atoms with Crippen LogP contribution in [0.15, 0.2) is 10.5 Å². The summed E-state index contributed by atoms with van der Waals surface area (Å²) in [4.78, 5) is 10.3. The van der Waals surface area contributed by atoms with E-state index in [1.807, 2.05) is 0 Å². The molecule has 0 radical (unpaired) electrons. The van der Waals surface area contributed by atoms with Crippen LogP contribution in [-0.4, -0.2) is 16.4 Å². The maximum Gasteiger partial charge on any atom is 0.511 e. The molecule has 5 heteroatoms. The van der Waals surface area contributed by atoms with Gasteiger partial charge >= 0.3 is 6.16 Å². The molecule has 0 amide bonds. The Kier molecular flexibility index (Phi) is 3.00. The molecule has 1 rings (SSSR count). The van der Waals surface area contributed by atoms with E-state index < -0.39 is 6.16 Å². The van der Waals surface area contributed by atoms with Crippen molar-refractivity contribution in [2.75, 3.05) is 0 Å². The van der Waals surface area contributed by atoms with Gasteiger partial charge in [0.05, 0.1) is 0 Å². The smallest absolute Gasteiger partial charge is 0.504 e. The van der Waals surface area contributed by atoms with Gasteiger partial charge in [0.1, 0.15) is 0 Å². The summed E-state index contributed by atoms with van der Waals surface area (Å²) in [6.45, 7) is 3.32. The molecule has 0 fully saturated rings. The van der Waals surface area contributed by atoms with Gasteiger partial charge in [0, 0.05) is 10.0 Å². The van der Waals surface area contributed by atoms with E-state index in [-0.39, 0.29) is 11.5 Å². The normalized spacial score (nSPS) is 9.93. The van der Waals surface area contributed by atoms with Crippen molar-refractivity contribution in [3.05, 3.63) is 21.7 Å². The van der Waals surface area contributed by atoms with Crippen LogP contribution in [0, 0.1) is 13.8 Å². The molecule has 0 spiro atoms. The van der Waals surface area contributed by atoms with Crippen LogP contribution < -0.4 is 4.74 Å². The fourth-order valence-electron chi connectivity index (χ4n) is 1.05. The van der Waals surface area contributed by atoms with Crippen LogP contribution in [0.1, 0.15) is 11.1 Å². The van der Waals surface area contributed by atoms with Crippen molar-refractivity contribution in [1.82, 2.24) is 0 Å². The Bertz CT molecular complexity index is 387. The molecular weight excluding hydrogens is 252 g/mol. The van der Waals surface area contributed by atoms with Crippen LogP contribution in [0.5, 0.6) is 11.5 Å². The second-order valence-electron chi connectivity index (χ2n) is 2.85. The number of hydrogen-bond acceptors (Lipinski definition) is 3. The van der Waals surface area contributed by atoms with E-state index in [0.717, 1.165) is 0 Å². The predicted molar refractivity (Wildman–Crippen MR) is 53.9 cm³/mol. The second kappa shape index (κ2) is 3.88. The number of carboxylic acid groups (broad SMARTS) is 1. The van der Waals surface area contributed by atoms with Gasteiger partial charge in [-0.15, -0.1) is 0 Å². The summed E-state index contributed by atoms with van der Waals surface area (Å²) in [6.07, 6.45) is -1.44. The summed E-state index contributed by atoms with van der Waals surface area (Å²) in [5.41, 5.74) is 1.11. The highest BCUT2D eigenvalue weighted by molar-refractivity contribution is 9.10. The molecule has 4 nitrogen and oxygen atoms in total. The molecule has 14 heavy (non-hydrogen) atoms. The molecule has 2 N–H and O–H groups in total. The Morgan fingerprint density at radius 2 is 2.07 bits per heavy atom. The summed E-state index contributed by atoms with van der Waals surface area (Å²) >= 11 is 3.23. The number of carbonyl (C=O) groups is 1. The number of hydrogen-bond donors (Lipinski definition) is 2. The van der Waals surface area contributed by atoms with Crippen molar-refractivity contribution in [2.45, 2.75) is 13.8 Å². The Morgan fingerprint density at radius 3 is 2.57 bits per heavy atom. The number of halogens is 1. The van der Waals surface area contributed by atoms with Crippen LogP contribution in [0.2, 0.25) is 0 Å². The third-order valence-corrected chi connectivity index (χ3v) is 2.64. The highest BCUT2D eigenvalue weighted by Gasteiger charge is 2.15. The lowest BCUT2D eigenvalue weighted by Gasteiger charge is -2.10. The summed E-state index contributed by atoms with van der Waals surface area (Å²) in [6, 6.07) is 1.69. The molecule has 76 valence electrons. The summed E-state index contributed by atoms with van der Waals surface area (Å²) in [7, 11) is 0. The van der Waals surface area contributed by atoms with Gasteiger partial charge in [-0.1, -0.05) is 15.9 Å². The molecule has 1 aromatic rings. The van der Waals surface area contributed by atoms with E-state index in [2.05, 4.69) is 20.7 Å². The van der Waals surface area contributed by atoms with Crippen LogP contribution in [0.3, 0.4) is 0 Å². The fourth-order valence-corrected chi connectivity index (χ4v) is 1.58. The predicted octanol–water partition coefficient (Wildman–Crippen LogP) is 2.83. The fraction of sp³-hybridized carbons (Fsp3) is 0.222. The van der Waals surface area contributed by atoms with Gasteiger partial charge in [0.2, 0.25) is 0 Å². The van der Waals surface area contributed by atoms with Crippen LogP contribution >= 0.6 is 15.9 Å². The summed E-state index contributed by atoms with van der Waals surface area (Å²) < 4.78 is 5.17. The van der Waals surface area contributed by atoms with E-state index >= 15 is 0 Å². The van der Waals surface area contributed by atoms with Crippen LogP contribution in [0.25, 0.3) is 0 Å². The van der Waals surface area contributed by atoms with Crippen LogP contribution in [0.4, 0.5) is 4.79 Å². The lowest BCUT2D eigenvalue weighted by atomic mass is 10.1. The molecule has 1 aromatic carbocycles. The standard InChI is InChI=1S/C9H9BrO4/c1-4-3-6(10)5(2)7(11)8(4)14-9(12)13/h3,11H,1-2H3,(H,12,13). The van der Waals surface area contributed by atoms with Crippen molar-refractivity contribution >= 4 is 22.1 Å². The SMILES string of the molecule is Cc1cc(Br)c(C)c(O)c1OC(=O)O. The zero-order valence-electron chi connectivity index (χ0n) is 7.67. The summed E-state index contributed by atoms with van der Waals surface area (Å²) in [5, 5.41) is 18.0. The van der Waals surface area contributed by atoms with E-state index in [9.17, 15) is 9.90 Å². The number of phenolic OH excluding ortho intramolecular Hbond substituents is 1. The minimum absolute atomic E-state index is 0.0156. The first-order valence-corrected chi connectivity index (χ1v) is 4.62. The number of aromatic hydroxyl groups is 1. The number of phenols is 1. The molecule has 0 saturated heterocycles. The summed E-state index contributed by atoms with van der Waals surface area (Å²) in [5.74, 6) is -0.169. The molecule has 0 aliphatic carbocycles.